The van der Waals surface area contributed by atoms with Gasteiger partial charge in [-0.2, -0.15) is 0 Å². The van der Waals surface area contributed by atoms with Crippen molar-refractivity contribution in [1.82, 2.24) is 9.97 Å². The molecule has 0 spiro atoms. The molecule has 27 heavy (non-hydrogen) atoms. The van der Waals surface area contributed by atoms with Crippen molar-refractivity contribution < 1.29 is 9.84 Å². The molecule has 0 bridgehead atoms. The van der Waals surface area contributed by atoms with Gasteiger partial charge in [0, 0.05) is 33.4 Å². The van der Waals surface area contributed by atoms with Gasteiger partial charge in [-0.25, -0.2) is 9.97 Å². The predicted molar refractivity (Wildman–Crippen MR) is 114 cm³/mol. The highest BCUT2D eigenvalue weighted by Crippen LogP contribution is 2.25. The normalized spacial score (nSPS) is 10.7. The fourth-order valence-corrected chi connectivity index (χ4v) is 3.46. The summed E-state index contributed by atoms with van der Waals surface area (Å²) in [6, 6.07) is 17.0. The van der Waals surface area contributed by atoms with Crippen LogP contribution in [0.1, 0.15) is 0 Å². The standard InChI is InChI=1S/C20H20BrN3O2S/c21-8-10-26-11-12-27-18-6-2-4-16(14-18)23-20-22-9-7-19(24-20)15-3-1-5-17(25)13-15/h1-7,9,13-14,25H,8,10-12H2,(H,22,23,24). The maximum atomic E-state index is 9.66. The fraction of sp³-hybridized carbons (Fsp3) is 0.200. The summed E-state index contributed by atoms with van der Waals surface area (Å²) in [6.07, 6.45) is 1.70. The summed E-state index contributed by atoms with van der Waals surface area (Å²) in [6.45, 7) is 1.46. The van der Waals surface area contributed by atoms with Gasteiger partial charge in [-0.3, -0.25) is 0 Å². The Morgan fingerprint density at radius 2 is 1.96 bits per heavy atom. The lowest BCUT2D eigenvalue weighted by molar-refractivity contribution is 0.168. The number of rotatable bonds is 9. The van der Waals surface area contributed by atoms with Crippen LogP contribution in [0.5, 0.6) is 5.75 Å². The third-order valence-electron chi connectivity index (χ3n) is 3.61. The highest BCUT2D eigenvalue weighted by atomic mass is 79.9. The van der Waals surface area contributed by atoms with E-state index in [0.717, 1.165) is 46.1 Å². The number of nitrogens with one attached hydrogen (secondary N) is 1. The summed E-state index contributed by atoms with van der Waals surface area (Å²) in [5, 5.41) is 13.8. The zero-order valence-electron chi connectivity index (χ0n) is 14.6. The van der Waals surface area contributed by atoms with Crippen molar-refractivity contribution in [2.75, 3.05) is 29.6 Å². The van der Waals surface area contributed by atoms with Crippen molar-refractivity contribution in [3.8, 4) is 17.0 Å². The molecule has 5 nitrogen and oxygen atoms in total. The van der Waals surface area contributed by atoms with E-state index >= 15 is 0 Å². The smallest absolute Gasteiger partial charge is 0.227 e. The molecule has 0 atom stereocenters. The van der Waals surface area contributed by atoms with Gasteiger partial charge in [0.25, 0.3) is 0 Å². The summed E-state index contributed by atoms with van der Waals surface area (Å²) in [5.74, 6) is 1.63. The molecule has 0 amide bonds. The molecule has 3 aromatic rings. The number of phenolic OH excluding ortho intramolecular Hbond substituents is 1. The minimum Gasteiger partial charge on any atom is -0.508 e. The molecule has 0 aliphatic heterocycles. The van der Waals surface area contributed by atoms with Crippen LogP contribution < -0.4 is 5.32 Å². The van der Waals surface area contributed by atoms with Crippen LogP contribution >= 0.6 is 27.7 Å². The molecule has 1 heterocycles. The number of halogens is 1. The van der Waals surface area contributed by atoms with E-state index < -0.39 is 0 Å². The molecule has 2 aromatic carbocycles. The molecule has 1 aromatic heterocycles. The average Bonchev–Trinajstić information content (AvgIpc) is 2.68. The van der Waals surface area contributed by atoms with Gasteiger partial charge in [-0.15, -0.1) is 11.8 Å². The van der Waals surface area contributed by atoms with Crippen LogP contribution in [0.25, 0.3) is 11.3 Å². The SMILES string of the molecule is Oc1cccc(-c2ccnc(Nc3cccc(SCCOCCBr)c3)n2)c1. The molecule has 2 N–H and O–H groups in total. The van der Waals surface area contributed by atoms with Gasteiger partial charge in [-0.05, 0) is 36.4 Å². The molecular formula is C20H20BrN3O2S. The highest BCUT2D eigenvalue weighted by molar-refractivity contribution is 9.09. The second kappa shape index (κ2) is 10.3. The Balaban J connectivity index is 1.65. The lowest BCUT2D eigenvalue weighted by atomic mass is 10.1. The number of ether oxygens (including phenoxy) is 1. The summed E-state index contributed by atoms with van der Waals surface area (Å²) in [5.41, 5.74) is 2.51. The van der Waals surface area contributed by atoms with Crippen molar-refractivity contribution in [3.05, 3.63) is 60.8 Å². The first-order chi connectivity index (χ1) is 13.2. The van der Waals surface area contributed by atoms with E-state index in [1.807, 2.05) is 24.3 Å². The Labute approximate surface area is 171 Å². The maximum Gasteiger partial charge on any atom is 0.227 e. The van der Waals surface area contributed by atoms with Crippen molar-refractivity contribution in [2.45, 2.75) is 4.90 Å². The van der Waals surface area contributed by atoms with Crippen molar-refractivity contribution in [2.24, 2.45) is 0 Å². The predicted octanol–water partition coefficient (Wildman–Crippen LogP) is 5.10. The number of phenols is 1. The van der Waals surface area contributed by atoms with Crippen LogP contribution in [0.15, 0.2) is 65.7 Å². The molecule has 3 rings (SSSR count). The first-order valence-electron chi connectivity index (χ1n) is 8.50. The van der Waals surface area contributed by atoms with E-state index in [1.165, 1.54) is 0 Å². The maximum absolute atomic E-state index is 9.66. The molecule has 0 fully saturated rings. The fourth-order valence-electron chi connectivity index (χ4n) is 2.41. The summed E-state index contributed by atoms with van der Waals surface area (Å²) in [4.78, 5) is 9.99. The van der Waals surface area contributed by atoms with Gasteiger partial charge in [0.05, 0.1) is 18.9 Å². The Hall–Kier alpha value is -2.09. The number of aromatic nitrogens is 2. The minimum atomic E-state index is 0.213. The number of nitrogens with zero attached hydrogens (tertiary/aromatic N) is 2. The number of anilines is 2. The van der Waals surface area contributed by atoms with E-state index in [2.05, 4.69) is 43.3 Å². The van der Waals surface area contributed by atoms with Crippen LogP contribution in [0.2, 0.25) is 0 Å². The molecule has 7 heteroatoms. The number of benzene rings is 2. The number of thioether (sulfide) groups is 1. The molecule has 0 radical (unpaired) electrons. The molecule has 0 aliphatic carbocycles. The lowest BCUT2D eigenvalue weighted by Crippen LogP contribution is -2.00. The van der Waals surface area contributed by atoms with E-state index in [4.69, 9.17) is 4.74 Å². The number of alkyl halides is 1. The molecule has 0 saturated carbocycles. The van der Waals surface area contributed by atoms with Crippen LogP contribution in [0.4, 0.5) is 11.6 Å². The van der Waals surface area contributed by atoms with Gasteiger partial charge in [0.1, 0.15) is 5.75 Å². The zero-order chi connectivity index (χ0) is 18.9. The second-order valence-electron chi connectivity index (χ2n) is 5.62. The highest BCUT2D eigenvalue weighted by Gasteiger charge is 2.04. The van der Waals surface area contributed by atoms with Crippen LogP contribution in [0, 0.1) is 0 Å². The average molecular weight is 446 g/mol. The molecule has 140 valence electrons. The summed E-state index contributed by atoms with van der Waals surface area (Å²) in [7, 11) is 0. The Bertz CT molecular complexity index is 879. The molecule has 0 aliphatic rings. The van der Waals surface area contributed by atoms with E-state index in [1.54, 1.807) is 36.2 Å². The van der Waals surface area contributed by atoms with Crippen LogP contribution in [-0.2, 0) is 4.74 Å². The minimum absolute atomic E-state index is 0.213. The Kier molecular flexibility index (Phi) is 7.50. The van der Waals surface area contributed by atoms with Crippen molar-refractivity contribution in [3.63, 3.8) is 0 Å². The summed E-state index contributed by atoms with van der Waals surface area (Å²) < 4.78 is 5.47. The third-order valence-corrected chi connectivity index (χ3v) is 4.89. The van der Waals surface area contributed by atoms with Crippen LogP contribution in [0.3, 0.4) is 0 Å². The lowest BCUT2D eigenvalue weighted by Gasteiger charge is -2.09. The third kappa shape index (κ3) is 6.23. The van der Waals surface area contributed by atoms with Gasteiger partial charge >= 0.3 is 0 Å². The number of hydrogen-bond acceptors (Lipinski definition) is 6. The van der Waals surface area contributed by atoms with E-state index in [9.17, 15) is 5.11 Å². The molecule has 0 saturated heterocycles. The molecule has 0 unspecified atom stereocenters. The number of hydrogen-bond donors (Lipinski definition) is 2. The van der Waals surface area contributed by atoms with Crippen LogP contribution in [-0.4, -0.2) is 39.4 Å². The Morgan fingerprint density at radius 1 is 1.07 bits per heavy atom. The second-order valence-corrected chi connectivity index (χ2v) is 7.58. The van der Waals surface area contributed by atoms with Crippen molar-refractivity contribution >= 4 is 39.3 Å². The Morgan fingerprint density at radius 3 is 2.81 bits per heavy atom. The van der Waals surface area contributed by atoms with Gasteiger partial charge in [0.2, 0.25) is 5.95 Å². The monoisotopic (exact) mass is 445 g/mol. The topological polar surface area (TPSA) is 67.3 Å². The zero-order valence-corrected chi connectivity index (χ0v) is 17.0. The quantitative estimate of drug-likeness (QED) is 0.271. The van der Waals surface area contributed by atoms with Crippen molar-refractivity contribution in [1.29, 1.82) is 0 Å². The first kappa shape index (κ1) is 19.7. The van der Waals surface area contributed by atoms with Gasteiger partial charge in [-0.1, -0.05) is 34.1 Å². The summed E-state index contributed by atoms with van der Waals surface area (Å²) >= 11 is 5.09. The molecular weight excluding hydrogens is 426 g/mol. The van der Waals surface area contributed by atoms with E-state index in [-0.39, 0.29) is 5.75 Å². The van der Waals surface area contributed by atoms with Gasteiger partial charge in [0.15, 0.2) is 0 Å². The number of aromatic hydroxyl groups is 1. The largest absolute Gasteiger partial charge is 0.508 e. The first-order valence-corrected chi connectivity index (χ1v) is 10.6. The van der Waals surface area contributed by atoms with E-state index in [0.29, 0.717) is 5.95 Å². The van der Waals surface area contributed by atoms with Gasteiger partial charge < -0.3 is 15.2 Å².